The molecule has 0 heterocycles. The van der Waals surface area contributed by atoms with Crippen molar-refractivity contribution in [1.82, 2.24) is 10.6 Å². The van der Waals surface area contributed by atoms with Crippen LogP contribution in [0.4, 0.5) is 23.7 Å². The molecule has 1 saturated carbocycles. The molecule has 3 amide bonds. The molecule has 1 fully saturated rings. The summed E-state index contributed by atoms with van der Waals surface area (Å²) in [5.41, 5.74) is -2.25. The number of alkyl halides is 3. The molecule has 40 heavy (non-hydrogen) atoms. The number of thioether (sulfide) groups is 1. The summed E-state index contributed by atoms with van der Waals surface area (Å²) in [7, 11) is -3.72. The molecular formula is C25H28F3N3O7S2. The Morgan fingerprint density at radius 3 is 2.35 bits per heavy atom. The van der Waals surface area contributed by atoms with Crippen LogP contribution in [0.15, 0.2) is 52.3 Å². The van der Waals surface area contributed by atoms with E-state index in [0.29, 0.717) is 25.0 Å². The van der Waals surface area contributed by atoms with Crippen molar-refractivity contribution in [2.24, 2.45) is 5.92 Å². The van der Waals surface area contributed by atoms with Gasteiger partial charge in [0.15, 0.2) is 9.84 Å². The number of rotatable bonds is 9. The first-order chi connectivity index (χ1) is 18.7. The van der Waals surface area contributed by atoms with Crippen LogP contribution < -0.4 is 16.0 Å². The van der Waals surface area contributed by atoms with Gasteiger partial charge in [-0.15, -0.1) is 11.8 Å². The molecule has 0 radical (unpaired) electrons. The first-order valence-corrected chi connectivity index (χ1v) is 14.9. The number of carbonyl (C=O) groups is 3. The summed E-state index contributed by atoms with van der Waals surface area (Å²) in [6.07, 6.45) is -4.61. The number of halogens is 3. The second kappa shape index (κ2) is 12.9. The van der Waals surface area contributed by atoms with Gasteiger partial charge in [-0.3, -0.25) is 14.9 Å². The molecule has 3 atom stereocenters. The van der Waals surface area contributed by atoms with E-state index >= 15 is 0 Å². The third-order valence-corrected chi connectivity index (χ3v) is 9.01. The zero-order chi connectivity index (χ0) is 29.7. The molecule has 2 aromatic rings. The van der Waals surface area contributed by atoms with E-state index in [1.54, 1.807) is 12.1 Å². The average molecular weight is 604 g/mol. The molecule has 10 nitrogen and oxygen atoms in total. The summed E-state index contributed by atoms with van der Waals surface area (Å²) in [5.74, 6) is -2.73. The van der Waals surface area contributed by atoms with Crippen LogP contribution in [0.2, 0.25) is 0 Å². The van der Waals surface area contributed by atoms with Crippen molar-refractivity contribution in [3.05, 3.63) is 53.6 Å². The molecule has 0 spiro atoms. The third-order valence-electron chi connectivity index (χ3n) is 6.41. The highest BCUT2D eigenvalue weighted by atomic mass is 32.2. The monoisotopic (exact) mass is 603 g/mol. The van der Waals surface area contributed by atoms with Crippen molar-refractivity contribution in [3.8, 4) is 0 Å². The number of benzene rings is 2. The largest absolute Gasteiger partial charge is 0.465 e. The van der Waals surface area contributed by atoms with Crippen LogP contribution in [-0.4, -0.2) is 67.2 Å². The Bertz CT molecular complexity index is 1350. The Morgan fingerprint density at radius 1 is 1.07 bits per heavy atom. The minimum atomic E-state index is -4.80. The third kappa shape index (κ3) is 8.35. The predicted octanol–water partition coefficient (Wildman–Crippen LogP) is 3.37. The highest BCUT2D eigenvalue weighted by Gasteiger charge is 2.35. The minimum absolute atomic E-state index is 0.0750. The molecule has 3 rings (SSSR count). The van der Waals surface area contributed by atoms with E-state index in [1.807, 2.05) is 11.6 Å². The quantitative estimate of drug-likeness (QED) is 0.273. The van der Waals surface area contributed by atoms with Crippen LogP contribution in [0.3, 0.4) is 0 Å². The van der Waals surface area contributed by atoms with Gasteiger partial charge in [0.1, 0.15) is 0 Å². The number of sulfone groups is 1. The fourth-order valence-corrected chi connectivity index (χ4v) is 6.51. The zero-order valence-electron chi connectivity index (χ0n) is 21.2. The van der Waals surface area contributed by atoms with Crippen LogP contribution >= 0.6 is 11.8 Å². The molecule has 1 aliphatic carbocycles. The molecule has 0 aliphatic heterocycles. The maximum atomic E-state index is 13.1. The zero-order valence-corrected chi connectivity index (χ0v) is 22.8. The maximum absolute atomic E-state index is 13.1. The van der Waals surface area contributed by atoms with Gasteiger partial charge in [0.2, 0.25) is 5.91 Å². The van der Waals surface area contributed by atoms with E-state index in [0.717, 1.165) is 11.0 Å². The lowest BCUT2D eigenvalue weighted by atomic mass is 9.84. The van der Waals surface area contributed by atoms with Crippen molar-refractivity contribution >= 4 is 45.2 Å². The lowest BCUT2D eigenvalue weighted by Gasteiger charge is -2.34. The Labute approximate surface area is 232 Å². The van der Waals surface area contributed by atoms with E-state index in [4.69, 9.17) is 5.11 Å². The summed E-state index contributed by atoms with van der Waals surface area (Å²) in [6, 6.07) is 7.49. The first-order valence-electron chi connectivity index (χ1n) is 12.0. The Morgan fingerprint density at radius 2 is 1.75 bits per heavy atom. The summed E-state index contributed by atoms with van der Waals surface area (Å²) in [4.78, 5) is 37.3. The average Bonchev–Trinajstić information content (AvgIpc) is 2.88. The van der Waals surface area contributed by atoms with Gasteiger partial charge in [-0.05, 0) is 73.9 Å². The van der Waals surface area contributed by atoms with Gasteiger partial charge >= 0.3 is 12.3 Å². The summed E-state index contributed by atoms with van der Waals surface area (Å²) >= 11 is 1.46. The highest BCUT2D eigenvalue weighted by Crippen LogP contribution is 2.32. The van der Waals surface area contributed by atoms with Gasteiger partial charge < -0.3 is 20.8 Å². The lowest BCUT2D eigenvalue weighted by Crippen LogP contribution is -2.50. The topological polar surface area (TPSA) is 162 Å². The van der Waals surface area contributed by atoms with Gasteiger partial charge in [0.25, 0.3) is 5.91 Å². The normalized spacial score (nSPS) is 19.5. The molecule has 3 unspecified atom stereocenters. The van der Waals surface area contributed by atoms with Gasteiger partial charge in [0, 0.05) is 10.9 Å². The van der Waals surface area contributed by atoms with Crippen LogP contribution in [0.1, 0.15) is 35.2 Å². The van der Waals surface area contributed by atoms with Crippen LogP contribution in [0.5, 0.6) is 0 Å². The lowest BCUT2D eigenvalue weighted by molar-refractivity contribution is -0.137. The summed E-state index contributed by atoms with van der Waals surface area (Å²) in [6.45, 7) is -0.691. The fraction of sp³-hybridized carbons (Fsp3) is 0.400. The highest BCUT2D eigenvalue weighted by molar-refractivity contribution is 7.98. The van der Waals surface area contributed by atoms with Crippen LogP contribution in [0.25, 0.3) is 0 Å². The van der Waals surface area contributed by atoms with Crippen LogP contribution in [-0.2, 0) is 20.8 Å². The second-order valence-corrected chi connectivity index (χ2v) is 12.1. The van der Waals surface area contributed by atoms with Gasteiger partial charge in [0.05, 0.1) is 40.1 Å². The number of carbonyl (C=O) groups excluding carboxylic acids is 2. The van der Waals surface area contributed by atoms with E-state index in [1.165, 1.54) is 23.9 Å². The molecule has 5 N–H and O–H groups in total. The second-order valence-electron chi connectivity index (χ2n) is 9.23. The van der Waals surface area contributed by atoms with Crippen molar-refractivity contribution in [3.63, 3.8) is 0 Å². The van der Waals surface area contributed by atoms with Gasteiger partial charge in [-0.1, -0.05) is 0 Å². The smallest absolute Gasteiger partial charge is 0.416 e. The molecular weight excluding hydrogens is 575 g/mol. The molecule has 0 bridgehead atoms. The molecule has 2 aromatic carbocycles. The molecule has 0 saturated heterocycles. The number of hydrogen-bond donors (Lipinski definition) is 5. The van der Waals surface area contributed by atoms with Gasteiger partial charge in [-0.2, -0.15) is 13.2 Å². The van der Waals surface area contributed by atoms with Crippen molar-refractivity contribution in [2.45, 2.75) is 47.4 Å². The SMILES string of the molecule is CSc1ccc(S(=O)(=O)CC2CCC(O)CC2NC(=O)CNC(=O)c2cc(C(F)(F)F)ccc2NC(=O)O)cc1. The van der Waals surface area contributed by atoms with E-state index in [2.05, 4.69) is 10.6 Å². The van der Waals surface area contributed by atoms with E-state index < -0.39 is 75.3 Å². The standard InChI is InChI=1S/C25H28F3N3O7S2/c1-39-17-5-7-18(8-6-17)40(37,38)13-14-2-4-16(32)11-21(14)30-22(33)12-29-23(34)19-10-15(25(26,27)28)3-9-20(19)31-24(35)36/h3,5-10,14,16,21,31-32H,2,4,11-13H2,1H3,(H,29,34)(H,30,33)(H,35,36). The first kappa shape index (κ1) is 31.2. The van der Waals surface area contributed by atoms with Crippen molar-refractivity contribution < 1.29 is 46.2 Å². The Kier molecular flexibility index (Phi) is 10.1. The number of aliphatic hydroxyl groups excluding tert-OH is 1. The molecule has 218 valence electrons. The fourth-order valence-electron chi connectivity index (χ4n) is 4.39. The van der Waals surface area contributed by atoms with E-state index in [-0.39, 0.29) is 17.1 Å². The number of nitrogens with one attached hydrogen (secondary N) is 3. The van der Waals surface area contributed by atoms with E-state index in [9.17, 15) is 41.1 Å². The number of carboxylic acid groups (broad SMARTS) is 1. The van der Waals surface area contributed by atoms with Crippen molar-refractivity contribution in [2.75, 3.05) is 23.9 Å². The summed E-state index contributed by atoms with van der Waals surface area (Å²) in [5, 5.41) is 25.7. The molecule has 15 heteroatoms. The van der Waals surface area contributed by atoms with Crippen molar-refractivity contribution in [1.29, 1.82) is 0 Å². The Balaban J connectivity index is 1.69. The molecule has 1 aliphatic rings. The summed E-state index contributed by atoms with van der Waals surface area (Å²) < 4.78 is 65.4. The number of anilines is 1. The van der Waals surface area contributed by atoms with Gasteiger partial charge in [-0.25, -0.2) is 13.2 Å². The predicted molar refractivity (Wildman–Crippen MR) is 141 cm³/mol. The molecule has 0 aromatic heterocycles. The number of hydrogen-bond acceptors (Lipinski definition) is 7. The van der Waals surface area contributed by atoms with Crippen LogP contribution in [0, 0.1) is 5.92 Å². The Hall–Kier alpha value is -3.30. The minimum Gasteiger partial charge on any atom is -0.465 e. The maximum Gasteiger partial charge on any atom is 0.416 e. The number of amides is 3. The number of aliphatic hydroxyl groups is 1.